The highest BCUT2D eigenvalue weighted by molar-refractivity contribution is 7.17. The van der Waals surface area contributed by atoms with E-state index in [9.17, 15) is 0 Å². The zero-order chi connectivity index (χ0) is 19.7. The highest BCUT2D eigenvalue weighted by atomic mass is 32.1. The maximum absolute atomic E-state index is 5.38. The third-order valence-electron chi connectivity index (χ3n) is 5.23. The fourth-order valence-corrected chi connectivity index (χ4v) is 4.72. The molecule has 0 atom stereocenters. The molecular formula is C21H26N4O2S. The summed E-state index contributed by atoms with van der Waals surface area (Å²) in [5, 5.41) is 7.02. The zero-order valence-corrected chi connectivity index (χ0v) is 17.6. The first-order valence-corrected chi connectivity index (χ1v) is 10.4. The van der Waals surface area contributed by atoms with Crippen LogP contribution < -0.4 is 19.7 Å². The van der Waals surface area contributed by atoms with E-state index >= 15 is 0 Å². The summed E-state index contributed by atoms with van der Waals surface area (Å²) < 4.78 is 10.8. The predicted octanol–water partition coefficient (Wildman–Crippen LogP) is 4.41. The van der Waals surface area contributed by atoms with Crippen LogP contribution in [0.25, 0.3) is 10.2 Å². The average molecular weight is 399 g/mol. The number of thiophene rings is 1. The topological polar surface area (TPSA) is 59.5 Å². The van der Waals surface area contributed by atoms with Gasteiger partial charge in [-0.3, -0.25) is 0 Å². The molecule has 6 nitrogen and oxygen atoms in total. The average Bonchev–Trinajstić information content (AvgIpc) is 3.08. The molecule has 7 heteroatoms. The summed E-state index contributed by atoms with van der Waals surface area (Å²) in [6.45, 7) is 6.06. The number of nitrogens with zero attached hydrogens (tertiary/aromatic N) is 3. The number of aromatic nitrogens is 2. The number of nitrogens with one attached hydrogen (secondary N) is 1. The molecule has 4 rings (SSSR count). The summed E-state index contributed by atoms with van der Waals surface area (Å²) in [6.07, 6.45) is 2.10. The van der Waals surface area contributed by atoms with Gasteiger partial charge in [0.2, 0.25) is 0 Å². The van der Waals surface area contributed by atoms with Gasteiger partial charge in [0.05, 0.1) is 19.6 Å². The smallest absolute Gasteiger partial charge is 0.141 e. The Balaban J connectivity index is 1.48. The van der Waals surface area contributed by atoms with Gasteiger partial charge < -0.3 is 19.7 Å². The molecular weight excluding hydrogens is 372 g/mol. The van der Waals surface area contributed by atoms with Gasteiger partial charge in [0.25, 0.3) is 0 Å². The second-order valence-electron chi connectivity index (χ2n) is 7.20. The third-order valence-corrected chi connectivity index (χ3v) is 6.22. The second kappa shape index (κ2) is 7.83. The van der Waals surface area contributed by atoms with E-state index in [0.29, 0.717) is 6.04 Å². The quantitative estimate of drug-likeness (QED) is 0.687. The van der Waals surface area contributed by atoms with Crippen molar-refractivity contribution in [2.45, 2.75) is 32.7 Å². The molecule has 1 N–H and O–H groups in total. The highest BCUT2D eigenvalue weighted by Gasteiger charge is 2.23. The first-order valence-electron chi connectivity index (χ1n) is 9.54. The monoisotopic (exact) mass is 398 g/mol. The van der Waals surface area contributed by atoms with E-state index in [-0.39, 0.29) is 0 Å². The molecule has 0 radical (unpaired) electrons. The second-order valence-corrected chi connectivity index (χ2v) is 8.06. The number of piperidine rings is 1. The molecule has 1 aromatic carbocycles. The van der Waals surface area contributed by atoms with Crippen molar-refractivity contribution in [2.75, 3.05) is 37.5 Å². The molecule has 0 unspecified atom stereocenters. The standard InChI is InChI=1S/C21H26N4O2S/c1-13-12-28-21-19(13)20(22-14(2)23-21)25-7-5-15(6-8-25)24-16-9-17(26-3)11-18(10-16)27-4/h9-12,15,24H,5-8H2,1-4H3. The molecule has 2 aromatic heterocycles. The predicted molar refractivity (Wildman–Crippen MR) is 115 cm³/mol. The first kappa shape index (κ1) is 18.8. The summed E-state index contributed by atoms with van der Waals surface area (Å²) in [6, 6.07) is 6.33. The van der Waals surface area contributed by atoms with Crippen LogP contribution in [0.15, 0.2) is 23.6 Å². The van der Waals surface area contributed by atoms with E-state index in [1.165, 1.54) is 10.9 Å². The number of methoxy groups -OCH3 is 2. The van der Waals surface area contributed by atoms with Gasteiger partial charge >= 0.3 is 0 Å². The van der Waals surface area contributed by atoms with Crippen LogP contribution >= 0.6 is 11.3 Å². The van der Waals surface area contributed by atoms with E-state index in [1.807, 2.05) is 25.1 Å². The summed E-state index contributed by atoms with van der Waals surface area (Å²) in [5.41, 5.74) is 2.29. The molecule has 1 aliphatic heterocycles. The van der Waals surface area contributed by atoms with Crippen LogP contribution in [0, 0.1) is 13.8 Å². The molecule has 0 amide bonds. The Bertz CT molecular complexity index is 958. The molecule has 3 aromatic rings. The van der Waals surface area contributed by atoms with Crippen LogP contribution in [-0.2, 0) is 0 Å². The Morgan fingerprint density at radius 2 is 1.71 bits per heavy atom. The van der Waals surface area contributed by atoms with Gasteiger partial charge in [-0.05, 0) is 37.6 Å². The number of ether oxygens (including phenoxy) is 2. The van der Waals surface area contributed by atoms with Crippen molar-refractivity contribution in [3.05, 3.63) is 35.0 Å². The van der Waals surface area contributed by atoms with Crippen LogP contribution in [0.2, 0.25) is 0 Å². The summed E-state index contributed by atoms with van der Waals surface area (Å²) in [7, 11) is 3.35. The van der Waals surface area contributed by atoms with Gasteiger partial charge in [-0.15, -0.1) is 11.3 Å². The molecule has 1 saturated heterocycles. The van der Waals surface area contributed by atoms with Gasteiger partial charge in [-0.25, -0.2) is 9.97 Å². The van der Waals surface area contributed by atoms with Crippen molar-refractivity contribution >= 4 is 33.1 Å². The van der Waals surface area contributed by atoms with Crippen molar-refractivity contribution < 1.29 is 9.47 Å². The molecule has 0 bridgehead atoms. The third kappa shape index (κ3) is 3.71. The van der Waals surface area contributed by atoms with Crippen molar-refractivity contribution in [3.63, 3.8) is 0 Å². The van der Waals surface area contributed by atoms with Crippen molar-refractivity contribution in [1.29, 1.82) is 0 Å². The number of hydrogen-bond donors (Lipinski definition) is 1. The number of benzene rings is 1. The van der Waals surface area contributed by atoms with E-state index in [1.54, 1.807) is 25.6 Å². The van der Waals surface area contributed by atoms with Gasteiger partial charge in [0.15, 0.2) is 0 Å². The summed E-state index contributed by atoms with van der Waals surface area (Å²) in [4.78, 5) is 12.9. The summed E-state index contributed by atoms with van der Waals surface area (Å²) >= 11 is 1.70. The van der Waals surface area contributed by atoms with Crippen molar-refractivity contribution in [2.24, 2.45) is 0 Å². The van der Waals surface area contributed by atoms with E-state index in [4.69, 9.17) is 14.5 Å². The molecule has 3 heterocycles. The zero-order valence-electron chi connectivity index (χ0n) is 16.8. The van der Waals surface area contributed by atoms with Gasteiger partial charge in [0, 0.05) is 43.0 Å². The fourth-order valence-electron chi connectivity index (χ4n) is 3.76. The number of hydrogen-bond acceptors (Lipinski definition) is 7. The minimum atomic E-state index is 0.412. The Labute approximate surface area is 169 Å². The number of rotatable bonds is 5. The lowest BCUT2D eigenvalue weighted by Gasteiger charge is -2.34. The van der Waals surface area contributed by atoms with E-state index < -0.39 is 0 Å². The Morgan fingerprint density at radius 1 is 1.04 bits per heavy atom. The van der Waals surface area contributed by atoms with Crippen LogP contribution in [-0.4, -0.2) is 43.3 Å². The largest absolute Gasteiger partial charge is 0.497 e. The molecule has 1 fully saturated rings. The lowest BCUT2D eigenvalue weighted by Crippen LogP contribution is -2.39. The lowest BCUT2D eigenvalue weighted by molar-refractivity contribution is 0.394. The molecule has 1 aliphatic rings. The minimum Gasteiger partial charge on any atom is -0.497 e. The molecule has 0 aliphatic carbocycles. The van der Waals surface area contributed by atoms with Crippen molar-refractivity contribution in [3.8, 4) is 11.5 Å². The Hall–Kier alpha value is -2.54. The molecule has 28 heavy (non-hydrogen) atoms. The van der Waals surface area contributed by atoms with Gasteiger partial charge in [-0.2, -0.15) is 0 Å². The molecule has 148 valence electrons. The first-order chi connectivity index (χ1) is 13.6. The van der Waals surface area contributed by atoms with Crippen LogP contribution in [0.4, 0.5) is 11.5 Å². The minimum absolute atomic E-state index is 0.412. The maximum atomic E-state index is 5.38. The highest BCUT2D eigenvalue weighted by Crippen LogP contribution is 2.33. The summed E-state index contributed by atoms with van der Waals surface area (Å²) in [5.74, 6) is 3.52. The van der Waals surface area contributed by atoms with E-state index in [0.717, 1.165) is 59.6 Å². The number of aryl methyl sites for hydroxylation is 2. The lowest BCUT2D eigenvalue weighted by atomic mass is 10.0. The normalized spacial score (nSPS) is 15.1. The fraction of sp³-hybridized carbons (Fsp3) is 0.429. The Kier molecular flexibility index (Phi) is 5.26. The Morgan fingerprint density at radius 3 is 2.36 bits per heavy atom. The SMILES string of the molecule is COc1cc(NC2CCN(c3nc(C)nc4scc(C)c34)CC2)cc(OC)c1. The van der Waals surface area contributed by atoms with Gasteiger partial charge in [0.1, 0.15) is 28.0 Å². The van der Waals surface area contributed by atoms with Crippen LogP contribution in [0.1, 0.15) is 24.2 Å². The molecule has 0 spiro atoms. The van der Waals surface area contributed by atoms with Crippen LogP contribution in [0.5, 0.6) is 11.5 Å². The van der Waals surface area contributed by atoms with Crippen molar-refractivity contribution in [1.82, 2.24) is 9.97 Å². The number of anilines is 2. The van der Waals surface area contributed by atoms with Gasteiger partial charge in [-0.1, -0.05) is 0 Å². The maximum Gasteiger partial charge on any atom is 0.141 e. The van der Waals surface area contributed by atoms with E-state index in [2.05, 4.69) is 27.5 Å². The molecule has 0 saturated carbocycles. The van der Waals surface area contributed by atoms with Crippen LogP contribution in [0.3, 0.4) is 0 Å². The number of fused-ring (bicyclic) bond motifs is 1.